The lowest BCUT2D eigenvalue weighted by molar-refractivity contribution is 0.206. The number of aliphatic hydroxyl groups excluding tert-OH is 1. The monoisotopic (exact) mass is 200 g/mol. The van der Waals surface area contributed by atoms with Crippen molar-refractivity contribution in [3.05, 3.63) is 12.7 Å². The van der Waals surface area contributed by atoms with Crippen LogP contribution in [0.2, 0.25) is 0 Å². The van der Waals surface area contributed by atoms with Crippen molar-refractivity contribution in [2.24, 2.45) is 0 Å². The van der Waals surface area contributed by atoms with Gasteiger partial charge in [-0.05, 0) is 19.5 Å². The molecule has 3 nitrogen and oxygen atoms in total. The van der Waals surface area contributed by atoms with Gasteiger partial charge in [0.15, 0.2) is 0 Å². The van der Waals surface area contributed by atoms with Crippen molar-refractivity contribution < 1.29 is 5.11 Å². The highest BCUT2D eigenvalue weighted by atomic mass is 16.3. The van der Waals surface area contributed by atoms with Crippen LogP contribution in [0.25, 0.3) is 0 Å². The highest BCUT2D eigenvalue weighted by molar-refractivity contribution is 4.73. The summed E-state index contributed by atoms with van der Waals surface area (Å²) in [7, 11) is 0. The van der Waals surface area contributed by atoms with Crippen LogP contribution in [0.15, 0.2) is 12.7 Å². The van der Waals surface area contributed by atoms with Crippen molar-refractivity contribution in [1.82, 2.24) is 10.2 Å². The van der Waals surface area contributed by atoms with Crippen molar-refractivity contribution in [3.63, 3.8) is 0 Å². The molecule has 0 aromatic carbocycles. The lowest BCUT2D eigenvalue weighted by Crippen LogP contribution is -2.31. The topological polar surface area (TPSA) is 35.5 Å². The zero-order chi connectivity index (χ0) is 10.8. The van der Waals surface area contributed by atoms with E-state index in [9.17, 15) is 0 Å². The van der Waals surface area contributed by atoms with E-state index in [1.54, 1.807) is 0 Å². The molecule has 0 atom stereocenters. The summed E-state index contributed by atoms with van der Waals surface area (Å²) in [5.41, 5.74) is 0. The van der Waals surface area contributed by atoms with Crippen LogP contribution in [-0.4, -0.2) is 48.8 Å². The molecule has 0 rings (SSSR count). The van der Waals surface area contributed by atoms with Gasteiger partial charge in [0.25, 0.3) is 0 Å². The van der Waals surface area contributed by atoms with Gasteiger partial charge in [-0.25, -0.2) is 0 Å². The summed E-state index contributed by atoms with van der Waals surface area (Å²) in [4.78, 5) is 2.20. The van der Waals surface area contributed by atoms with E-state index < -0.39 is 0 Å². The molecule has 0 aliphatic rings. The molecule has 0 aromatic rings. The Bertz CT molecular complexity index is 137. The molecule has 0 unspecified atom stereocenters. The first-order chi connectivity index (χ1) is 6.70. The second-order valence-electron chi connectivity index (χ2n) is 3.78. The molecule has 0 aliphatic carbocycles. The maximum atomic E-state index is 8.82. The lowest BCUT2D eigenvalue weighted by atomic mass is 10.3. The van der Waals surface area contributed by atoms with Gasteiger partial charge >= 0.3 is 0 Å². The van der Waals surface area contributed by atoms with E-state index in [4.69, 9.17) is 5.11 Å². The molecule has 0 bridgehead atoms. The third kappa shape index (κ3) is 8.23. The Kier molecular flexibility index (Phi) is 8.94. The van der Waals surface area contributed by atoms with Crippen LogP contribution in [0.1, 0.15) is 20.3 Å². The van der Waals surface area contributed by atoms with E-state index in [2.05, 4.69) is 30.6 Å². The summed E-state index contributed by atoms with van der Waals surface area (Å²) in [5, 5.41) is 12.2. The highest BCUT2D eigenvalue weighted by Gasteiger charge is 2.01. The van der Waals surface area contributed by atoms with Crippen LogP contribution in [0.4, 0.5) is 0 Å². The molecule has 0 amide bonds. The van der Waals surface area contributed by atoms with E-state index in [0.29, 0.717) is 6.04 Å². The van der Waals surface area contributed by atoms with Crippen molar-refractivity contribution >= 4 is 0 Å². The maximum absolute atomic E-state index is 8.82. The second kappa shape index (κ2) is 9.19. The summed E-state index contributed by atoms with van der Waals surface area (Å²) in [6.07, 6.45) is 3.00. The molecule has 2 N–H and O–H groups in total. The van der Waals surface area contributed by atoms with Crippen LogP contribution in [0.5, 0.6) is 0 Å². The van der Waals surface area contributed by atoms with Crippen LogP contribution in [-0.2, 0) is 0 Å². The molecule has 0 saturated carbocycles. The fraction of sp³-hybridized carbons (Fsp3) is 0.818. The summed E-state index contributed by atoms with van der Waals surface area (Å²) in [6, 6.07) is 0.556. The average Bonchev–Trinajstić information content (AvgIpc) is 2.12. The molecule has 0 saturated heterocycles. The molecular formula is C11H24N2O. The van der Waals surface area contributed by atoms with Gasteiger partial charge in [0, 0.05) is 19.1 Å². The lowest BCUT2D eigenvalue weighted by Gasteiger charge is -2.19. The number of nitrogens with one attached hydrogen (secondary N) is 1. The minimum atomic E-state index is 0.228. The maximum Gasteiger partial charge on any atom is 0.0558 e. The standard InChI is InChI=1S/C11H24N2O/c1-4-7-13(9-10-14)8-5-6-12-11(2)3/h4,11-12,14H,1,5-10H2,2-3H3. The van der Waals surface area contributed by atoms with Gasteiger partial charge < -0.3 is 10.4 Å². The van der Waals surface area contributed by atoms with E-state index in [-0.39, 0.29) is 6.61 Å². The van der Waals surface area contributed by atoms with E-state index in [1.807, 2.05) is 6.08 Å². The SMILES string of the molecule is C=CCN(CCO)CCCNC(C)C. The predicted molar refractivity (Wildman–Crippen MR) is 61.5 cm³/mol. The zero-order valence-electron chi connectivity index (χ0n) is 9.50. The predicted octanol–water partition coefficient (Wildman–Crippen LogP) is 0.855. The fourth-order valence-corrected chi connectivity index (χ4v) is 1.31. The fourth-order valence-electron chi connectivity index (χ4n) is 1.31. The molecule has 0 spiro atoms. The van der Waals surface area contributed by atoms with Crippen LogP contribution in [0, 0.1) is 0 Å². The first kappa shape index (κ1) is 13.6. The first-order valence-corrected chi connectivity index (χ1v) is 5.38. The van der Waals surface area contributed by atoms with E-state index >= 15 is 0 Å². The van der Waals surface area contributed by atoms with Gasteiger partial charge in [0.1, 0.15) is 0 Å². The van der Waals surface area contributed by atoms with Gasteiger partial charge in [-0.1, -0.05) is 19.9 Å². The average molecular weight is 200 g/mol. The third-order valence-electron chi connectivity index (χ3n) is 2.01. The largest absolute Gasteiger partial charge is 0.395 e. The van der Waals surface area contributed by atoms with Crippen molar-refractivity contribution in [2.45, 2.75) is 26.3 Å². The summed E-state index contributed by atoms with van der Waals surface area (Å²) < 4.78 is 0. The molecule has 0 aromatic heterocycles. The quantitative estimate of drug-likeness (QED) is 0.428. The van der Waals surface area contributed by atoms with Gasteiger partial charge in [0.05, 0.1) is 6.61 Å². The number of hydrogen-bond donors (Lipinski definition) is 2. The molecule has 3 heteroatoms. The van der Waals surface area contributed by atoms with Crippen LogP contribution in [0.3, 0.4) is 0 Å². The normalized spacial score (nSPS) is 11.2. The first-order valence-electron chi connectivity index (χ1n) is 5.38. The summed E-state index contributed by atoms with van der Waals surface area (Å²) >= 11 is 0. The van der Waals surface area contributed by atoms with Crippen molar-refractivity contribution in [2.75, 3.05) is 32.8 Å². The molecule has 0 fully saturated rings. The number of aliphatic hydroxyl groups is 1. The summed E-state index contributed by atoms with van der Waals surface area (Å²) in [5.74, 6) is 0. The van der Waals surface area contributed by atoms with Crippen LogP contribution >= 0.6 is 0 Å². The Morgan fingerprint density at radius 3 is 2.64 bits per heavy atom. The van der Waals surface area contributed by atoms with Gasteiger partial charge in [-0.3, -0.25) is 4.90 Å². The minimum Gasteiger partial charge on any atom is -0.395 e. The van der Waals surface area contributed by atoms with Gasteiger partial charge in [-0.2, -0.15) is 0 Å². The Morgan fingerprint density at radius 2 is 2.14 bits per heavy atom. The number of nitrogens with zero attached hydrogens (tertiary/aromatic N) is 1. The molecule has 14 heavy (non-hydrogen) atoms. The number of hydrogen-bond acceptors (Lipinski definition) is 3. The second-order valence-corrected chi connectivity index (χ2v) is 3.78. The van der Waals surface area contributed by atoms with Crippen LogP contribution < -0.4 is 5.32 Å². The summed E-state index contributed by atoms with van der Waals surface area (Å²) in [6.45, 7) is 11.9. The van der Waals surface area contributed by atoms with Crippen molar-refractivity contribution in [1.29, 1.82) is 0 Å². The minimum absolute atomic E-state index is 0.228. The molecule has 0 radical (unpaired) electrons. The molecule has 0 heterocycles. The smallest absolute Gasteiger partial charge is 0.0558 e. The Hall–Kier alpha value is -0.380. The Morgan fingerprint density at radius 1 is 1.43 bits per heavy atom. The number of rotatable bonds is 9. The molecule has 0 aliphatic heterocycles. The van der Waals surface area contributed by atoms with Gasteiger partial charge in [0.2, 0.25) is 0 Å². The highest BCUT2D eigenvalue weighted by Crippen LogP contribution is 1.91. The van der Waals surface area contributed by atoms with Crippen molar-refractivity contribution in [3.8, 4) is 0 Å². The van der Waals surface area contributed by atoms with E-state index in [1.165, 1.54) is 0 Å². The molecule has 84 valence electrons. The molecular weight excluding hydrogens is 176 g/mol. The third-order valence-corrected chi connectivity index (χ3v) is 2.01. The van der Waals surface area contributed by atoms with E-state index in [0.717, 1.165) is 32.6 Å². The Balaban J connectivity index is 3.44. The van der Waals surface area contributed by atoms with Gasteiger partial charge in [-0.15, -0.1) is 6.58 Å². The Labute approximate surface area is 87.8 Å². The zero-order valence-corrected chi connectivity index (χ0v) is 9.50.